The van der Waals surface area contributed by atoms with Gasteiger partial charge in [0.15, 0.2) is 0 Å². The molecule has 0 aliphatic heterocycles. The Hall–Kier alpha value is -3.27. The zero-order valence-corrected chi connectivity index (χ0v) is 12.4. The van der Waals surface area contributed by atoms with E-state index in [-0.39, 0.29) is 0 Å². The highest BCUT2D eigenvalue weighted by molar-refractivity contribution is 5.96. The smallest absolute Gasteiger partial charge is 0.248 e. The predicted octanol–water partition coefficient (Wildman–Crippen LogP) is 3.57. The number of amides is 1. The Bertz CT molecular complexity index is 901. The van der Waals surface area contributed by atoms with Gasteiger partial charge in [-0.15, -0.1) is 0 Å². The molecule has 0 saturated carbocycles. The molecule has 1 amide bonds. The van der Waals surface area contributed by atoms with Crippen LogP contribution in [0, 0.1) is 0 Å². The summed E-state index contributed by atoms with van der Waals surface area (Å²) in [6, 6.07) is 19.1. The lowest BCUT2D eigenvalue weighted by Gasteiger charge is -1.98. The highest BCUT2D eigenvalue weighted by Gasteiger charge is 2.00. The van der Waals surface area contributed by atoms with E-state index < -0.39 is 5.91 Å². The van der Waals surface area contributed by atoms with E-state index >= 15 is 0 Å². The number of rotatable bonds is 1. The highest BCUT2D eigenvalue weighted by Crippen LogP contribution is 2.12. The molecule has 2 N–H and O–H groups in total. The Kier molecular flexibility index (Phi) is 4.25. The van der Waals surface area contributed by atoms with Crippen molar-refractivity contribution in [2.45, 2.75) is 0 Å². The first-order valence-electron chi connectivity index (χ1n) is 7.17. The zero-order chi connectivity index (χ0) is 16.1. The molecule has 2 aromatic heterocycles. The average Bonchev–Trinajstić information content (AvgIpc) is 2.62. The van der Waals surface area contributed by atoms with E-state index in [4.69, 9.17) is 5.73 Å². The van der Waals surface area contributed by atoms with E-state index in [9.17, 15) is 4.79 Å². The molecule has 0 bridgehead atoms. The fourth-order valence-corrected chi connectivity index (χ4v) is 2.26. The summed E-state index contributed by atoms with van der Waals surface area (Å²) in [6.07, 6.45) is 5.39. The number of fused-ring (bicyclic) bond motifs is 2. The molecule has 2 aromatic carbocycles. The summed E-state index contributed by atoms with van der Waals surface area (Å²) in [7, 11) is 0. The monoisotopic (exact) mass is 301 g/mol. The summed E-state index contributed by atoms with van der Waals surface area (Å²) in [5.74, 6) is -0.411. The van der Waals surface area contributed by atoms with E-state index in [2.05, 4.69) is 22.1 Å². The summed E-state index contributed by atoms with van der Waals surface area (Å²) < 4.78 is 0. The minimum Gasteiger partial charge on any atom is -0.366 e. The van der Waals surface area contributed by atoms with E-state index in [1.54, 1.807) is 24.4 Å². The third kappa shape index (κ3) is 3.49. The molecule has 0 aliphatic carbocycles. The molecule has 23 heavy (non-hydrogen) atoms. The summed E-state index contributed by atoms with van der Waals surface area (Å²) in [5, 5.41) is 3.38. The fourth-order valence-electron chi connectivity index (χ4n) is 2.26. The first kappa shape index (κ1) is 14.7. The van der Waals surface area contributed by atoms with Gasteiger partial charge in [0.1, 0.15) is 0 Å². The quantitative estimate of drug-likeness (QED) is 0.584. The van der Waals surface area contributed by atoms with Crippen LogP contribution in [0.4, 0.5) is 0 Å². The molecule has 4 nitrogen and oxygen atoms in total. The largest absolute Gasteiger partial charge is 0.366 e. The number of hydrogen-bond donors (Lipinski definition) is 1. The van der Waals surface area contributed by atoms with Crippen LogP contribution in [-0.2, 0) is 0 Å². The third-order valence-electron chi connectivity index (χ3n) is 3.44. The first-order chi connectivity index (χ1) is 11.2. The number of benzene rings is 2. The summed E-state index contributed by atoms with van der Waals surface area (Å²) in [5.41, 5.74) is 6.53. The second kappa shape index (κ2) is 6.66. The molecule has 112 valence electrons. The molecule has 0 radical (unpaired) electrons. The second-order valence-electron chi connectivity index (χ2n) is 5.00. The third-order valence-corrected chi connectivity index (χ3v) is 3.44. The van der Waals surface area contributed by atoms with Crippen LogP contribution in [-0.4, -0.2) is 15.9 Å². The number of carbonyl (C=O) groups is 1. The SMILES string of the molecule is NC(=O)c1ccc2ncccc2c1.c1ccc2cnccc2c1. The number of nitrogens with zero attached hydrogens (tertiary/aromatic N) is 2. The van der Waals surface area contributed by atoms with Gasteiger partial charge in [0.2, 0.25) is 5.91 Å². The number of pyridine rings is 2. The summed E-state index contributed by atoms with van der Waals surface area (Å²) >= 11 is 0. The number of hydrogen-bond acceptors (Lipinski definition) is 3. The molecule has 0 fully saturated rings. The molecular weight excluding hydrogens is 286 g/mol. The molecule has 4 rings (SSSR count). The van der Waals surface area contributed by atoms with Crippen molar-refractivity contribution in [3.63, 3.8) is 0 Å². The van der Waals surface area contributed by atoms with E-state index in [1.807, 2.05) is 42.7 Å². The Morgan fingerprint density at radius 2 is 1.61 bits per heavy atom. The van der Waals surface area contributed by atoms with Gasteiger partial charge in [-0.3, -0.25) is 14.8 Å². The van der Waals surface area contributed by atoms with Crippen molar-refractivity contribution in [3.8, 4) is 0 Å². The molecule has 2 heterocycles. The molecule has 0 atom stereocenters. The topological polar surface area (TPSA) is 68.9 Å². The van der Waals surface area contributed by atoms with Gasteiger partial charge < -0.3 is 5.73 Å². The summed E-state index contributed by atoms with van der Waals surface area (Å²) in [6.45, 7) is 0. The highest BCUT2D eigenvalue weighted by atomic mass is 16.1. The van der Waals surface area contributed by atoms with Crippen molar-refractivity contribution in [2.75, 3.05) is 0 Å². The maximum Gasteiger partial charge on any atom is 0.248 e. The molecule has 0 spiro atoms. The van der Waals surface area contributed by atoms with Crippen LogP contribution in [0.5, 0.6) is 0 Å². The zero-order valence-electron chi connectivity index (χ0n) is 12.4. The maximum absolute atomic E-state index is 10.8. The molecule has 0 aliphatic rings. The average molecular weight is 301 g/mol. The van der Waals surface area contributed by atoms with Crippen LogP contribution in [0.15, 0.2) is 79.3 Å². The van der Waals surface area contributed by atoms with Crippen LogP contribution in [0.2, 0.25) is 0 Å². The Morgan fingerprint density at radius 3 is 2.39 bits per heavy atom. The van der Waals surface area contributed by atoms with Crippen molar-refractivity contribution in [3.05, 3.63) is 84.8 Å². The molecule has 0 saturated heterocycles. The van der Waals surface area contributed by atoms with Crippen LogP contribution in [0.1, 0.15) is 10.4 Å². The van der Waals surface area contributed by atoms with Gasteiger partial charge in [0.05, 0.1) is 5.52 Å². The molecule has 0 unspecified atom stereocenters. The van der Waals surface area contributed by atoms with E-state index in [1.165, 1.54) is 10.8 Å². The predicted molar refractivity (Wildman–Crippen MR) is 92.0 cm³/mol. The van der Waals surface area contributed by atoms with Gasteiger partial charge in [-0.25, -0.2) is 0 Å². The van der Waals surface area contributed by atoms with E-state index in [0.29, 0.717) is 5.56 Å². The minimum atomic E-state index is -0.411. The van der Waals surface area contributed by atoms with Gasteiger partial charge in [-0.1, -0.05) is 30.3 Å². The Labute approximate surface area is 133 Å². The van der Waals surface area contributed by atoms with Crippen molar-refractivity contribution >= 4 is 27.6 Å². The van der Waals surface area contributed by atoms with Crippen molar-refractivity contribution in [1.82, 2.24) is 9.97 Å². The number of carbonyl (C=O) groups excluding carboxylic acids is 1. The lowest BCUT2D eigenvalue weighted by molar-refractivity contribution is 0.100. The molecular formula is C19H15N3O. The molecule has 4 heteroatoms. The van der Waals surface area contributed by atoms with Gasteiger partial charge >= 0.3 is 0 Å². The second-order valence-corrected chi connectivity index (χ2v) is 5.00. The lowest BCUT2D eigenvalue weighted by atomic mass is 10.1. The van der Waals surface area contributed by atoms with Gasteiger partial charge in [0, 0.05) is 29.5 Å². The van der Waals surface area contributed by atoms with Crippen molar-refractivity contribution in [1.29, 1.82) is 0 Å². The Balaban J connectivity index is 0.000000140. The lowest BCUT2D eigenvalue weighted by Crippen LogP contribution is -2.10. The Morgan fingerprint density at radius 1 is 0.826 bits per heavy atom. The maximum atomic E-state index is 10.8. The van der Waals surface area contributed by atoms with Crippen LogP contribution < -0.4 is 5.73 Å². The number of aromatic nitrogens is 2. The van der Waals surface area contributed by atoms with E-state index in [0.717, 1.165) is 10.9 Å². The normalized spacial score (nSPS) is 10.1. The van der Waals surface area contributed by atoms with Gasteiger partial charge in [-0.2, -0.15) is 0 Å². The van der Waals surface area contributed by atoms with Gasteiger partial charge in [0.25, 0.3) is 0 Å². The fraction of sp³-hybridized carbons (Fsp3) is 0. The van der Waals surface area contributed by atoms with Crippen LogP contribution in [0.3, 0.4) is 0 Å². The van der Waals surface area contributed by atoms with Crippen LogP contribution >= 0.6 is 0 Å². The van der Waals surface area contributed by atoms with Crippen molar-refractivity contribution in [2.24, 2.45) is 5.73 Å². The minimum absolute atomic E-state index is 0.411. The van der Waals surface area contributed by atoms with Crippen molar-refractivity contribution < 1.29 is 4.79 Å². The standard InChI is InChI=1S/C10H8N2O.C9H7N/c11-10(13)8-3-4-9-7(6-8)2-1-5-12-9;1-2-4-9-7-10-6-5-8(9)3-1/h1-6H,(H2,11,13);1-7H. The first-order valence-corrected chi connectivity index (χ1v) is 7.17. The van der Waals surface area contributed by atoms with Gasteiger partial charge in [-0.05, 0) is 41.1 Å². The number of primary amides is 1. The molecule has 4 aromatic rings. The number of nitrogens with two attached hydrogens (primary N) is 1. The van der Waals surface area contributed by atoms with Crippen LogP contribution in [0.25, 0.3) is 21.7 Å². The summed E-state index contributed by atoms with van der Waals surface area (Å²) in [4.78, 5) is 19.0.